The van der Waals surface area contributed by atoms with E-state index in [-0.39, 0.29) is 12.2 Å². The van der Waals surface area contributed by atoms with E-state index in [2.05, 4.69) is 12.6 Å². The third kappa shape index (κ3) is 3.65. The Morgan fingerprint density at radius 3 is 2.72 bits per heavy atom. The summed E-state index contributed by atoms with van der Waals surface area (Å²) in [7, 11) is 0. The zero-order valence-electron chi connectivity index (χ0n) is 10.1. The molecule has 0 saturated carbocycles. The van der Waals surface area contributed by atoms with Crippen molar-refractivity contribution in [2.75, 3.05) is 25.4 Å². The van der Waals surface area contributed by atoms with Gasteiger partial charge in [-0.2, -0.15) is 12.6 Å². The third-order valence-electron chi connectivity index (χ3n) is 2.76. The molecule has 1 amide bonds. The Morgan fingerprint density at radius 2 is 2.06 bits per heavy atom. The summed E-state index contributed by atoms with van der Waals surface area (Å²) in [5.74, 6) is 0.703. The summed E-state index contributed by atoms with van der Waals surface area (Å²) in [6.07, 6.45) is -0.133. The average Bonchev–Trinajstić information content (AvgIpc) is 2.36. The molecule has 18 heavy (non-hydrogen) atoms. The van der Waals surface area contributed by atoms with Crippen LogP contribution in [0.3, 0.4) is 0 Å². The van der Waals surface area contributed by atoms with E-state index in [0.29, 0.717) is 32.1 Å². The van der Waals surface area contributed by atoms with Crippen molar-refractivity contribution in [2.45, 2.75) is 12.7 Å². The lowest BCUT2D eigenvalue weighted by Crippen LogP contribution is -2.55. The molecule has 1 fully saturated rings. The predicted octanol–water partition coefficient (Wildman–Crippen LogP) is 1.95. The quantitative estimate of drug-likeness (QED) is 0.829. The van der Waals surface area contributed by atoms with E-state index in [1.807, 2.05) is 30.3 Å². The van der Waals surface area contributed by atoms with E-state index in [9.17, 15) is 4.79 Å². The maximum Gasteiger partial charge on any atom is 0.410 e. The molecule has 1 aliphatic heterocycles. The fourth-order valence-corrected chi connectivity index (χ4v) is 1.83. The molecule has 0 aromatic heterocycles. The molecule has 1 aliphatic rings. The number of likely N-dealkylation sites (tertiary alicyclic amines) is 1. The van der Waals surface area contributed by atoms with Gasteiger partial charge in [-0.15, -0.1) is 0 Å². The van der Waals surface area contributed by atoms with Gasteiger partial charge in [0.2, 0.25) is 0 Å². The van der Waals surface area contributed by atoms with Crippen LogP contribution >= 0.6 is 12.6 Å². The molecule has 0 unspecified atom stereocenters. The monoisotopic (exact) mass is 267 g/mol. The molecular formula is C13H17NO3S. The number of carbonyl (C=O) groups is 1. The van der Waals surface area contributed by atoms with Crippen LogP contribution in [0.1, 0.15) is 5.56 Å². The number of thiol groups is 1. The molecule has 0 aliphatic carbocycles. The van der Waals surface area contributed by atoms with Gasteiger partial charge in [0.05, 0.1) is 25.8 Å². The zero-order chi connectivity index (χ0) is 12.8. The van der Waals surface area contributed by atoms with Gasteiger partial charge in [-0.3, -0.25) is 0 Å². The highest BCUT2D eigenvalue weighted by Gasteiger charge is 2.32. The number of nitrogens with zero attached hydrogens (tertiary/aromatic N) is 1. The molecule has 0 spiro atoms. The normalized spacial score (nSPS) is 15.3. The van der Waals surface area contributed by atoms with Gasteiger partial charge < -0.3 is 14.4 Å². The van der Waals surface area contributed by atoms with Crippen molar-refractivity contribution in [3.8, 4) is 0 Å². The van der Waals surface area contributed by atoms with Crippen LogP contribution in [0.4, 0.5) is 4.79 Å². The summed E-state index contributed by atoms with van der Waals surface area (Å²) in [6, 6.07) is 9.65. The minimum Gasteiger partial charge on any atom is -0.445 e. The van der Waals surface area contributed by atoms with E-state index >= 15 is 0 Å². The summed E-state index contributed by atoms with van der Waals surface area (Å²) in [6.45, 7) is 2.17. The summed E-state index contributed by atoms with van der Waals surface area (Å²) < 4.78 is 10.6. The molecule has 1 aromatic rings. The van der Waals surface area contributed by atoms with Gasteiger partial charge >= 0.3 is 6.09 Å². The van der Waals surface area contributed by atoms with Gasteiger partial charge in [0, 0.05) is 5.75 Å². The van der Waals surface area contributed by atoms with Crippen LogP contribution in [-0.2, 0) is 16.1 Å². The van der Waals surface area contributed by atoms with E-state index < -0.39 is 0 Å². The van der Waals surface area contributed by atoms with Gasteiger partial charge in [0.1, 0.15) is 6.61 Å². The molecule has 98 valence electrons. The number of rotatable bonds is 5. The van der Waals surface area contributed by atoms with Gasteiger partial charge in [-0.25, -0.2) is 4.79 Å². The van der Waals surface area contributed by atoms with E-state index in [1.54, 1.807) is 4.90 Å². The van der Waals surface area contributed by atoms with Crippen molar-refractivity contribution in [3.05, 3.63) is 35.9 Å². The van der Waals surface area contributed by atoms with Crippen molar-refractivity contribution in [3.63, 3.8) is 0 Å². The molecule has 5 heteroatoms. The van der Waals surface area contributed by atoms with Crippen LogP contribution in [0.5, 0.6) is 0 Å². The average molecular weight is 267 g/mol. The standard InChI is InChI=1S/C13H17NO3S/c15-13(14-8-12(9-14)16-6-7-18)17-10-11-4-2-1-3-5-11/h1-5,12,18H,6-10H2. The Balaban J connectivity index is 1.65. The molecule has 0 atom stereocenters. The summed E-state index contributed by atoms with van der Waals surface area (Å²) in [5.41, 5.74) is 0.995. The molecule has 0 radical (unpaired) electrons. The number of hydrogen-bond donors (Lipinski definition) is 1. The first-order valence-electron chi connectivity index (χ1n) is 5.97. The molecule has 1 saturated heterocycles. The number of hydrogen-bond acceptors (Lipinski definition) is 4. The predicted molar refractivity (Wildman–Crippen MR) is 71.8 cm³/mol. The van der Waals surface area contributed by atoms with E-state index in [4.69, 9.17) is 9.47 Å². The zero-order valence-corrected chi connectivity index (χ0v) is 11.0. The highest BCUT2D eigenvalue weighted by atomic mass is 32.1. The van der Waals surface area contributed by atoms with E-state index in [0.717, 1.165) is 5.56 Å². The maximum absolute atomic E-state index is 11.7. The minimum absolute atomic E-state index is 0.140. The van der Waals surface area contributed by atoms with Crippen LogP contribution in [0, 0.1) is 0 Å². The lowest BCUT2D eigenvalue weighted by molar-refractivity contribution is -0.0453. The number of carbonyl (C=O) groups excluding carboxylic acids is 1. The van der Waals surface area contributed by atoms with Gasteiger partial charge in [0.25, 0.3) is 0 Å². The summed E-state index contributed by atoms with van der Waals surface area (Å²) in [4.78, 5) is 13.3. The topological polar surface area (TPSA) is 38.8 Å². The molecule has 2 rings (SSSR count). The second-order valence-corrected chi connectivity index (χ2v) is 4.61. The van der Waals surface area contributed by atoms with E-state index in [1.165, 1.54) is 0 Å². The second-order valence-electron chi connectivity index (χ2n) is 4.16. The number of ether oxygens (including phenoxy) is 2. The van der Waals surface area contributed by atoms with Crippen LogP contribution in [0.25, 0.3) is 0 Å². The lowest BCUT2D eigenvalue weighted by atomic mass is 10.2. The molecule has 4 nitrogen and oxygen atoms in total. The maximum atomic E-state index is 11.7. The largest absolute Gasteiger partial charge is 0.445 e. The molecule has 1 heterocycles. The van der Waals surface area contributed by atoms with Gasteiger partial charge in [-0.05, 0) is 5.56 Å². The van der Waals surface area contributed by atoms with Crippen LogP contribution < -0.4 is 0 Å². The molecule has 0 N–H and O–H groups in total. The van der Waals surface area contributed by atoms with Crippen molar-refractivity contribution in [2.24, 2.45) is 0 Å². The van der Waals surface area contributed by atoms with Crippen molar-refractivity contribution >= 4 is 18.7 Å². The fourth-order valence-electron chi connectivity index (χ4n) is 1.72. The second kappa shape index (κ2) is 6.66. The number of benzene rings is 1. The van der Waals surface area contributed by atoms with Crippen molar-refractivity contribution in [1.29, 1.82) is 0 Å². The van der Waals surface area contributed by atoms with Crippen molar-refractivity contribution in [1.82, 2.24) is 4.90 Å². The Labute approximate surface area is 112 Å². The molecule has 1 aromatic carbocycles. The van der Waals surface area contributed by atoms with Gasteiger partial charge in [-0.1, -0.05) is 30.3 Å². The summed E-state index contributed by atoms with van der Waals surface area (Å²) in [5, 5.41) is 0. The molecule has 0 bridgehead atoms. The first-order valence-corrected chi connectivity index (χ1v) is 6.61. The minimum atomic E-state index is -0.274. The van der Waals surface area contributed by atoms with Gasteiger partial charge in [0.15, 0.2) is 0 Å². The molecular weight excluding hydrogens is 250 g/mol. The SMILES string of the molecule is O=C(OCc1ccccc1)N1CC(OCCS)C1. The van der Waals surface area contributed by atoms with Crippen LogP contribution in [0.15, 0.2) is 30.3 Å². The third-order valence-corrected chi connectivity index (χ3v) is 2.94. The highest BCUT2D eigenvalue weighted by molar-refractivity contribution is 7.80. The van der Waals surface area contributed by atoms with Crippen LogP contribution in [-0.4, -0.2) is 42.5 Å². The highest BCUT2D eigenvalue weighted by Crippen LogP contribution is 2.14. The Bertz CT molecular complexity index is 379. The Morgan fingerprint density at radius 1 is 1.33 bits per heavy atom. The van der Waals surface area contributed by atoms with Crippen molar-refractivity contribution < 1.29 is 14.3 Å². The first-order chi connectivity index (χ1) is 8.79. The summed E-state index contributed by atoms with van der Waals surface area (Å²) >= 11 is 4.06. The lowest BCUT2D eigenvalue weighted by Gasteiger charge is -2.37. The smallest absolute Gasteiger partial charge is 0.410 e. The number of amides is 1. The Hall–Kier alpha value is -1.20. The first kappa shape index (κ1) is 13.2. The van der Waals surface area contributed by atoms with Crippen LogP contribution in [0.2, 0.25) is 0 Å². The Kier molecular flexibility index (Phi) is 4.90. The fraction of sp³-hybridized carbons (Fsp3) is 0.462.